The van der Waals surface area contributed by atoms with Crippen LogP contribution in [-0.4, -0.2) is 22.1 Å². The Morgan fingerprint density at radius 3 is 2.68 bits per heavy atom. The summed E-state index contributed by atoms with van der Waals surface area (Å²) in [5.41, 5.74) is -0.0382. The molecule has 6 heteroatoms. The summed E-state index contributed by atoms with van der Waals surface area (Å²) < 4.78 is 14.9. The lowest BCUT2D eigenvalue weighted by atomic mass is 10.1. The number of amides is 1. The first-order valence-electron chi connectivity index (χ1n) is 6.92. The van der Waals surface area contributed by atoms with E-state index in [-0.39, 0.29) is 36.5 Å². The van der Waals surface area contributed by atoms with Crippen LogP contribution in [0.2, 0.25) is 0 Å². The molecule has 1 heterocycles. The molecular formula is C16H17FN2O3. The third kappa shape index (κ3) is 4.26. The van der Waals surface area contributed by atoms with Crippen molar-refractivity contribution < 1.29 is 14.3 Å². The van der Waals surface area contributed by atoms with E-state index in [1.807, 2.05) is 0 Å². The summed E-state index contributed by atoms with van der Waals surface area (Å²) in [5.74, 6) is -0.828. The standard InChI is InChI=1S/C16H17FN2O3/c17-13-6-2-1-5-12(13)14(20)11-18-15(21)8-10-19-9-4-3-7-16(19)22/h1-7,9,14,20H,8,10-11H2,(H,18,21). The lowest BCUT2D eigenvalue weighted by Gasteiger charge is -2.13. The molecule has 22 heavy (non-hydrogen) atoms. The highest BCUT2D eigenvalue weighted by molar-refractivity contribution is 5.75. The molecule has 0 saturated heterocycles. The number of hydrogen-bond donors (Lipinski definition) is 2. The number of aliphatic hydroxyl groups is 1. The second-order valence-corrected chi connectivity index (χ2v) is 4.82. The van der Waals surface area contributed by atoms with Gasteiger partial charge in [0.05, 0.1) is 6.10 Å². The van der Waals surface area contributed by atoms with E-state index in [4.69, 9.17) is 0 Å². The van der Waals surface area contributed by atoms with Gasteiger partial charge in [-0.3, -0.25) is 9.59 Å². The number of nitrogens with one attached hydrogen (secondary N) is 1. The number of nitrogens with zero attached hydrogens (tertiary/aromatic N) is 1. The van der Waals surface area contributed by atoms with Crippen LogP contribution in [0.1, 0.15) is 18.1 Å². The van der Waals surface area contributed by atoms with Crippen molar-refractivity contribution in [3.05, 3.63) is 70.4 Å². The lowest BCUT2D eigenvalue weighted by Crippen LogP contribution is -2.30. The van der Waals surface area contributed by atoms with Gasteiger partial charge in [-0.1, -0.05) is 24.3 Å². The van der Waals surface area contributed by atoms with Gasteiger partial charge in [-0.25, -0.2) is 4.39 Å². The van der Waals surface area contributed by atoms with E-state index in [9.17, 15) is 19.1 Å². The Kier molecular flexibility index (Phi) is 5.43. The van der Waals surface area contributed by atoms with Crippen molar-refractivity contribution in [2.24, 2.45) is 0 Å². The number of aryl methyl sites for hydroxylation is 1. The van der Waals surface area contributed by atoms with Crippen LogP contribution in [0, 0.1) is 5.82 Å². The van der Waals surface area contributed by atoms with Gasteiger partial charge in [0.15, 0.2) is 0 Å². The molecule has 0 spiro atoms. The first kappa shape index (κ1) is 15.9. The molecule has 0 radical (unpaired) electrons. The van der Waals surface area contributed by atoms with Gasteiger partial charge < -0.3 is 15.0 Å². The Labute approximate surface area is 127 Å². The fourth-order valence-corrected chi connectivity index (χ4v) is 2.02. The average molecular weight is 304 g/mol. The highest BCUT2D eigenvalue weighted by atomic mass is 19.1. The predicted octanol–water partition coefficient (Wildman–Crippen LogP) is 1.23. The maximum absolute atomic E-state index is 13.5. The van der Waals surface area contributed by atoms with Gasteiger partial charge >= 0.3 is 0 Å². The summed E-state index contributed by atoms with van der Waals surface area (Å²) in [5, 5.41) is 12.4. The number of carbonyl (C=O) groups is 1. The van der Waals surface area contributed by atoms with E-state index in [1.165, 1.54) is 28.8 Å². The maximum Gasteiger partial charge on any atom is 0.250 e. The predicted molar refractivity (Wildman–Crippen MR) is 79.7 cm³/mol. The van der Waals surface area contributed by atoms with Crippen LogP contribution in [0.4, 0.5) is 4.39 Å². The van der Waals surface area contributed by atoms with Crippen LogP contribution in [0.25, 0.3) is 0 Å². The Hall–Kier alpha value is -2.47. The molecule has 0 aliphatic heterocycles. The fourth-order valence-electron chi connectivity index (χ4n) is 2.02. The molecule has 116 valence electrons. The van der Waals surface area contributed by atoms with E-state index < -0.39 is 11.9 Å². The van der Waals surface area contributed by atoms with Crippen molar-refractivity contribution in [3.63, 3.8) is 0 Å². The third-order valence-electron chi connectivity index (χ3n) is 3.24. The van der Waals surface area contributed by atoms with Crippen molar-refractivity contribution in [1.82, 2.24) is 9.88 Å². The monoisotopic (exact) mass is 304 g/mol. The smallest absolute Gasteiger partial charge is 0.250 e. The summed E-state index contributed by atoms with van der Waals surface area (Å²) >= 11 is 0. The quantitative estimate of drug-likeness (QED) is 0.843. The number of aliphatic hydroxyl groups excluding tert-OH is 1. The second kappa shape index (κ2) is 7.51. The van der Waals surface area contributed by atoms with Gasteiger partial charge in [0.1, 0.15) is 5.82 Å². The molecular weight excluding hydrogens is 287 g/mol. The average Bonchev–Trinajstić information content (AvgIpc) is 2.52. The van der Waals surface area contributed by atoms with Gasteiger partial charge in [0.25, 0.3) is 5.56 Å². The summed E-state index contributed by atoms with van der Waals surface area (Å²) in [6.45, 7) is 0.171. The lowest BCUT2D eigenvalue weighted by molar-refractivity contribution is -0.121. The topological polar surface area (TPSA) is 71.3 Å². The third-order valence-corrected chi connectivity index (χ3v) is 3.24. The fraction of sp³-hybridized carbons (Fsp3) is 0.250. The number of halogens is 1. The zero-order valence-electron chi connectivity index (χ0n) is 11.9. The Morgan fingerprint density at radius 2 is 1.95 bits per heavy atom. The van der Waals surface area contributed by atoms with Crippen LogP contribution in [-0.2, 0) is 11.3 Å². The summed E-state index contributed by atoms with van der Waals surface area (Å²) in [6, 6.07) is 10.6. The molecule has 1 unspecified atom stereocenters. The number of aromatic nitrogens is 1. The number of hydrogen-bond acceptors (Lipinski definition) is 3. The summed E-state index contributed by atoms with van der Waals surface area (Å²) in [4.78, 5) is 23.2. The molecule has 0 aliphatic carbocycles. The van der Waals surface area contributed by atoms with Gasteiger partial charge in [-0.2, -0.15) is 0 Å². The van der Waals surface area contributed by atoms with E-state index in [1.54, 1.807) is 24.4 Å². The zero-order valence-corrected chi connectivity index (χ0v) is 11.9. The molecule has 5 nitrogen and oxygen atoms in total. The van der Waals surface area contributed by atoms with Crippen molar-refractivity contribution >= 4 is 5.91 Å². The van der Waals surface area contributed by atoms with E-state index in [2.05, 4.69) is 5.32 Å². The molecule has 2 N–H and O–H groups in total. The highest BCUT2D eigenvalue weighted by Crippen LogP contribution is 2.15. The van der Waals surface area contributed by atoms with Crippen LogP contribution in [0.15, 0.2) is 53.5 Å². The molecule has 1 amide bonds. The van der Waals surface area contributed by atoms with E-state index >= 15 is 0 Å². The number of benzene rings is 1. The first-order chi connectivity index (χ1) is 10.6. The summed E-state index contributed by atoms with van der Waals surface area (Å²) in [7, 11) is 0. The minimum absolute atomic E-state index is 0.0799. The maximum atomic E-state index is 13.5. The number of carbonyl (C=O) groups excluding carboxylic acids is 1. The molecule has 0 aliphatic rings. The minimum Gasteiger partial charge on any atom is -0.386 e. The van der Waals surface area contributed by atoms with Crippen LogP contribution in [0.3, 0.4) is 0 Å². The van der Waals surface area contributed by atoms with E-state index in [0.29, 0.717) is 0 Å². The van der Waals surface area contributed by atoms with Gasteiger partial charge in [-0.15, -0.1) is 0 Å². The van der Waals surface area contributed by atoms with Crippen molar-refractivity contribution in [2.45, 2.75) is 19.1 Å². The molecule has 0 saturated carbocycles. The Bertz CT molecular complexity index is 700. The number of rotatable bonds is 6. The number of pyridine rings is 1. The second-order valence-electron chi connectivity index (χ2n) is 4.82. The van der Waals surface area contributed by atoms with Gasteiger partial charge in [0.2, 0.25) is 5.91 Å². The van der Waals surface area contributed by atoms with E-state index in [0.717, 1.165) is 0 Å². The molecule has 0 bridgehead atoms. The normalized spacial score (nSPS) is 11.9. The van der Waals surface area contributed by atoms with Crippen LogP contribution >= 0.6 is 0 Å². The zero-order chi connectivity index (χ0) is 15.9. The van der Waals surface area contributed by atoms with Crippen molar-refractivity contribution in [1.29, 1.82) is 0 Å². The largest absolute Gasteiger partial charge is 0.386 e. The Balaban J connectivity index is 1.82. The molecule has 2 aromatic rings. The molecule has 2 rings (SSSR count). The molecule has 1 atom stereocenters. The molecule has 1 aromatic heterocycles. The minimum atomic E-state index is -1.11. The first-order valence-corrected chi connectivity index (χ1v) is 6.92. The summed E-state index contributed by atoms with van der Waals surface area (Å²) in [6.07, 6.45) is 0.599. The SMILES string of the molecule is O=C(CCn1ccccc1=O)NCC(O)c1ccccc1F. The Morgan fingerprint density at radius 1 is 1.23 bits per heavy atom. The van der Waals surface area contributed by atoms with Crippen LogP contribution < -0.4 is 10.9 Å². The molecule has 1 aromatic carbocycles. The van der Waals surface area contributed by atoms with Crippen LogP contribution in [0.5, 0.6) is 0 Å². The highest BCUT2D eigenvalue weighted by Gasteiger charge is 2.13. The van der Waals surface area contributed by atoms with Gasteiger partial charge in [0, 0.05) is 37.3 Å². The van der Waals surface area contributed by atoms with Crippen molar-refractivity contribution in [2.75, 3.05) is 6.54 Å². The molecule has 0 fully saturated rings. The van der Waals surface area contributed by atoms with Crippen molar-refractivity contribution in [3.8, 4) is 0 Å². The van der Waals surface area contributed by atoms with Gasteiger partial charge in [-0.05, 0) is 12.1 Å².